The van der Waals surface area contributed by atoms with Crippen molar-refractivity contribution in [1.29, 1.82) is 0 Å². The summed E-state index contributed by atoms with van der Waals surface area (Å²) in [6.07, 6.45) is 0. The van der Waals surface area contributed by atoms with E-state index in [1.54, 1.807) is 12.1 Å². The first-order chi connectivity index (χ1) is 9.83. The van der Waals surface area contributed by atoms with Crippen molar-refractivity contribution in [3.05, 3.63) is 39.9 Å². The highest BCUT2D eigenvalue weighted by Gasteiger charge is 2.17. The largest absolute Gasteiger partial charge is 0.316 e. The molecule has 0 fully saturated rings. The fourth-order valence-corrected chi connectivity index (χ4v) is 3.99. The third-order valence-corrected chi connectivity index (χ3v) is 5.70. The van der Waals surface area contributed by atoms with Crippen LogP contribution in [0.25, 0.3) is 0 Å². The average molecular weight is 325 g/mol. The summed E-state index contributed by atoms with van der Waals surface area (Å²) >= 11 is 1.34. The fraction of sp³-hybridized carbons (Fsp3) is 0.357. The number of hydrogen-bond donors (Lipinski definition) is 2. The highest BCUT2D eigenvalue weighted by atomic mass is 32.2. The second-order valence-corrected chi connectivity index (χ2v) is 7.77. The van der Waals surface area contributed by atoms with E-state index >= 15 is 0 Å². The van der Waals surface area contributed by atoms with Crippen LogP contribution in [0.1, 0.15) is 21.7 Å². The zero-order valence-electron chi connectivity index (χ0n) is 12.5. The molecule has 2 aromatic rings. The Hall–Kier alpha value is -1.44. The molecule has 0 aliphatic rings. The first kappa shape index (κ1) is 15.9. The van der Waals surface area contributed by atoms with Crippen LogP contribution in [0.3, 0.4) is 0 Å². The van der Waals surface area contributed by atoms with Crippen molar-refractivity contribution >= 4 is 26.5 Å². The third kappa shape index (κ3) is 3.61. The lowest BCUT2D eigenvalue weighted by molar-refractivity contribution is 0.601. The smallest absolute Gasteiger partial charge is 0.263 e. The van der Waals surface area contributed by atoms with E-state index in [0.29, 0.717) is 11.7 Å². The van der Waals surface area contributed by atoms with E-state index in [1.165, 1.54) is 11.3 Å². The zero-order chi connectivity index (χ0) is 15.6. The highest BCUT2D eigenvalue weighted by molar-refractivity contribution is 7.93. The van der Waals surface area contributed by atoms with Crippen LogP contribution >= 0.6 is 11.3 Å². The number of thiazole rings is 1. The molecule has 0 unspecified atom stereocenters. The van der Waals surface area contributed by atoms with Crippen LogP contribution in [0.2, 0.25) is 0 Å². The van der Waals surface area contributed by atoms with Gasteiger partial charge in [-0.1, -0.05) is 6.07 Å². The van der Waals surface area contributed by atoms with Crippen molar-refractivity contribution in [2.75, 3.05) is 11.8 Å². The summed E-state index contributed by atoms with van der Waals surface area (Å²) in [4.78, 5) is 5.47. The van der Waals surface area contributed by atoms with E-state index in [2.05, 4.69) is 15.0 Å². The normalized spacial score (nSPS) is 11.6. The first-order valence-electron chi connectivity index (χ1n) is 6.54. The number of aryl methyl sites for hydroxylation is 3. The number of sulfonamides is 1. The molecule has 0 bridgehead atoms. The van der Waals surface area contributed by atoms with E-state index in [9.17, 15) is 8.42 Å². The Labute approximate surface area is 129 Å². The molecule has 2 N–H and O–H groups in total. The van der Waals surface area contributed by atoms with Crippen molar-refractivity contribution in [2.24, 2.45) is 0 Å². The van der Waals surface area contributed by atoms with Gasteiger partial charge in [0.2, 0.25) is 0 Å². The number of hydrogen-bond acceptors (Lipinski definition) is 5. The molecule has 1 aromatic carbocycles. The summed E-state index contributed by atoms with van der Waals surface area (Å²) in [7, 11) is -1.77. The van der Waals surface area contributed by atoms with E-state index in [-0.39, 0.29) is 4.90 Å². The minimum Gasteiger partial charge on any atom is -0.316 e. The van der Waals surface area contributed by atoms with Crippen molar-refractivity contribution in [3.63, 3.8) is 0 Å². The Kier molecular flexibility index (Phi) is 4.65. The monoisotopic (exact) mass is 325 g/mol. The topological polar surface area (TPSA) is 71.1 Å². The van der Waals surface area contributed by atoms with E-state index in [1.807, 2.05) is 33.9 Å². The number of nitrogens with zero attached hydrogens (tertiary/aromatic N) is 1. The number of anilines is 1. The zero-order valence-corrected chi connectivity index (χ0v) is 14.2. The molecular weight excluding hydrogens is 306 g/mol. The Morgan fingerprint density at radius 1 is 1.24 bits per heavy atom. The van der Waals surface area contributed by atoms with Gasteiger partial charge >= 0.3 is 0 Å². The molecule has 0 saturated heterocycles. The van der Waals surface area contributed by atoms with Gasteiger partial charge in [-0.15, -0.1) is 11.3 Å². The molecule has 7 heteroatoms. The van der Waals surface area contributed by atoms with Crippen molar-refractivity contribution in [3.8, 4) is 0 Å². The van der Waals surface area contributed by atoms with E-state index in [4.69, 9.17) is 0 Å². The molecule has 0 aliphatic heterocycles. The predicted octanol–water partition coefficient (Wildman–Crippen LogP) is 2.59. The van der Waals surface area contributed by atoms with Crippen molar-refractivity contribution in [1.82, 2.24) is 10.3 Å². The lowest BCUT2D eigenvalue weighted by Gasteiger charge is -2.09. The summed E-state index contributed by atoms with van der Waals surface area (Å²) in [5, 5.41) is 3.44. The van der Waals surface area contributed by atoms with Crippen LogP contribution in [0.5, 0.6) is 0 Å². The van der Waals surface area contributed by atoms with Crippen LogP contribution in [-0.4, -0.2) is 20.4 Å². The van der Waals surface area contributed by atoms with Gasteiger partial charge in [0.25, 0.3) is 10.0 Å². The van der Waals surface area contributed by atoms with E-state index in [0.717, 1.165) is 21.7 Å². The summed E-state index contributed by atoms with van der Waals surface area (Å²) in [6, 6.07) is 5.13. The van der Waals surface area contributed by atoms with Crippen LogP contribution in [0, 0.1) is 20.8 Å². The van der Waals surface area contributed by atoms with Gasteiger partial charge in [0.15, 0.2) is 5.13 Å². The Morgan fingerprint density at radius 2 is 1.95 bits per heavy atom. The van der Waals surface area contributed by atoms with Gasteiger partial charge in [0, 0.05) is 11.4 Å². The SMILES string of the molecule is CNCc1cc(S(=O)(=O)Nc2nc(C)c(C)s2)ccc1C. The van der Waals surface area contributed by atoms with Gasteiger partial charge in [-0.3, -0.25) is 4.72 Å². The van der Waals surface area contributed by atoms with Gasteiger partial charge in [-0.25, -0.2) is 13.4 Å². The van der Waals surface area contributed by atoms with Crippen LogP contribution in [0.4, 0.5) is 5.13 Å². The maximum Gasteiger partial charge on any atom is 0.263 e. The molecule has 0 spiro atoms. The predicted molar refractivity (Wildman–Crippen MR) is 86.3 cm³/mol. The number of benzene rings is 1. The fourth-order valence-electron chi connectivity index (χ4n) is 1.89. The summed E-state index contributed by atoms with van der Waals surface area (Å²) < 4.78 is 27.4. The lowest BCUT2D eigenvalue weighted by Crippen LogP contribution is -2.14. The first-order valence-corrected chi connectivity index (χ1v) is 8.84. The summed E-state index contributed by atoms with van der Waals surface area (Å²) in [5.74, 6) is 0. The Bertz CT molecular complexity index is 732. The molecule has 2 rings (SSSR count). The second-order valence-electron chi connectivity index (χ2n) is 4.88. The quantitative estimate of drug-likeness (QED) is 0.886. The second kappa shape index (κ2) is 6.13. The molecule has 1 heterocycles. The van der Waals surface area contributed by atoms with Gasteiger partial charge in [0.05, 0.1) is 10.6 Å². The Balaban J connectivity index is 2.33. The van der Waals surface area contributed by atoms with Gasteiger partial charge in [-0.2, -0.15) is 0 Å². The average Bonchev–Trinajstić information content (AvgIpc) is 2.70. The van der Waals surface area contributed by atoms with Crippen LogP contribution in [0.15, 0.2) is 23.1 Å². The van der Waals surface area contributed by atoms with Crippen molar-refractivity contribution in [2.45, 2.75) is 32.2 Å². The van der Waals surface area contributed by atoms with Gasteiger partial charge in [0.1, 0.15) is 0 Å². The van der Waals surface area contributed by atoms with Crippen LogP contribution < -0.4 is 10.0 Å². The minimum atomic E-state index is -3.60. The molecule has 5 nitrogen and oxygen atoms in total. The number of aromatic nitrogens is 1. The molecule has 114 valence electrons. The molecule has 0 amide bonds. The van der Waals surface area contributed by atoms with Gasteiger partial charge < -0.3 is 5.32 Å². The standard InChI is InChI=1S/C14H19N3O2S2/c1-9-5-6-13(7-12(9)8-15-4)21(18,19)17-14-16-10(2)11(3)20-14/h5-7,15H,8H2,1-4H3,(H,16,17). The molecule has 0 saturated carbocycles. The molecule has 0 atom stereocenters. The van der Waals surface area contributed by atoms with Crippen LogP contribution in [-0.2, 0) is 16.6 Å². The molecular formula is C14H19N3O2S2. The minimum absolute atomic E-state index is 0.254. The highest BCUT2D eigenvalue weighted by Crippen LogP contribution is 2.24. The van der Waals surface area contributed by atoms with E-state index < -0.39 is 10.0 Å². The molecule has 0 radical (unpaired) electrons. The lowest BCUT2D eigenvalue weighted by atomic mass is 10.1. The molecule has 21 heavy (non-hydrogen) atoms. The Morgan fingerprint density at radius 3 is 2.52 bits per heavy atom. The maximum atomic E-state index is 12.4. The van der Waals surface area contributed by atoms with Gasteiger partial charge in [-0.05, 0) is 51.1 Å². The molecule has 1 aromatic heterocycles. The maximum absolute atomic E-state index is 12.4. The third-order valence-electron chi connectivity index (χ3n) is 3.25. The molecule has 0 aliphatic carbocycles. The summed E-state index contributed by atoms with van der Waals surface area (Å²) in [5.41, 5.74) is 2.87. The summed E-state index contributed by atoms with van der Waals surface area (Å²) in [6.45, 7) is 6.37. The number of rotatable bonds is 5. The van der Waals surface area contributed by atoms with Crippen molar-refractivity contribution < 1.29 is 8.42 Å². The number of nitrogens with one attached hydrogen (secondary N) is 2.